The van der Waals surface area contributed by atoms with Crippen molar-refractivity contribution in [3.8, 4) is 0 Å². The van der Waals surface area contributed by atoms with Gasteiger partial charge >= 0.3 is 0 Å². The molecule has 1 N–H and O–H groups in total. The van der Waals surface area contributed by atoms with E-state index in [4.69, 9.17) is 0 Å². The van der Waals surface area contributed by atoms with Crippen molar-refractivity contribution in [1.29, 1.82) is 0 Å². The predicted molar refractivity (Wildman–Crippen MR) is 219 cm³/mol. The normalized spacial score (nSPS) is 12.0. The highest BCUT2D eigenvalue weighted by Gasteiger charge is 2.10. The molecule has 0 bridgehead atoms. The molecule has 0 saturated carbocycles. The number of nitrogens with zero attached hydrogens (tertiary/aromatic N) is 1. The van der Waals surface area contributed by atoms with Crippen LogP contribution in [0.25, 0.3) is 0 Å². The molecule has 290 valence electrons. The third kappa shape index (κ3) is 35.7. The van der Waals surface area contributed by atoms with Crippen LogP contribution in [0.1, 0.15) is 259 Å². The van der Waals surface area contributed by atoms with Crippen LogP contribution in [-0.2, 0) is 0 Å². The van der Waals surface area contributed by atoms with Crippen molar-refractivity contribution >= 4 is 0 Å². The van der Waals surface area contributed by atoms with Crippen LogP contribution < -0.4 is 0 Å². The van der Waals surface area contributed by atoms with Gasteiger partial charge in [0.05, 0.1) is 0 Å². The Morgan fingerprint density at radius 3 is 0.854 bits per heavy atom. The standard InChI is InChI=1S/C46H95NO/c1-5-9-13-15-21-27-38-46(39-28-22-16-14-10-6-2)40-30-24-20-26-32-42-47(43-33-34-44-48)41-31-25-19-17-18-23-29-37-45(35-11-7-3)36-12-8-4/h45-46,48H,5-44H2,1-4H3. The molecule has 0 unspecified atom stereocenters. The van der Waals surface area contributed by atoms with Crippen LogP contribution in [0.15, 0.2) is 0 Å². The van der Waals surface area contributed by atoms with Gasteiger partial charge in [-0.15, -0.1) is 0 Å². The summed E-state index contributed by atoms with van der Waals surface area (Å²) in [5.74, 6) is 2.01. The number of unbranched alkanes of at least 4 members (excludes halogenated alkanes) is 23. The third-order valence-corrected chi connectivity index (χ3v) is 11.4. The van der Waals surface area contributed by atoms with Crippen molar-refractivity contribution in [3.05, 3.63) is 0 Å². The van der Waals surface area contributed by atoms with Gasteiger partial charge in [0.15, 0.2) is 0 Å². The Balaban J connectivity index is 4.13. The van der Waals surface area contributed by atoms with Crippen LogP contribution in [0, 0.1) is 11.8 Å². The summed E-state index contributed by atoms with van der Waals surface area (Å²) >= 11 is 0. The van der Waals surface area contributed by atoms with Gasteiger partial charge in [-0.3, -0.25) is 0 Å². The molecule has 0 saturated heterocycles. The van der Waals surface area contributed by atoms with Crippen molar-refractivity contribution in [2.45, 2.75) is 259 Å². The highest BCUT2D eigenvalue weighted by Crippen LogP contribution is 2.25. The number of hydrogen-bond acceptors (Lipinski definition) is 2. The van der Waals surface area contributed by atoms with Crippen molar-refractivity contribution in [2.75, 3.05) is 26.2 Å². The number of aliphatic hydroxyl groups is 1. The van der Waals surface area contributed by atoms with E-state index in [1.54, 1.807) is 0 Å². The van der Waals surface area contributed by atoms with E-state index in [1.165, 1.54) is 238 Å². The number of hydrogen-bond donors (Lipinski definition) is 1. The van der Waals surface area contributed by atoms with E-state index in [9.17, 15) is 5.11 Å². The molecule has 0 aromatic heterocycles. The minimum absolute atomic E-state index is 0.352. The Morgan fingerprint density at radius 1 is 0.292 bits per heavy atom. The van der Waals surface area contributed by atoms with Crippen molar-refractivity contribution < 1.29 is 5.11 Å². The molecule has 0 radical (unpaired) electrons. The monoisotopic (exact) mass is 678 g/mol. The SMILES string of the molecule is CCCCCCCCC(CCCCCCCC)CCCCCCCN(CCCCO)CCCCCCCCCC(CCCC)CCCC. The molecule has 0 atom stereocenters. The Labute approximate surface area is 306 Å². The molecule has 0 spiro atoms. The summed E-state index contributed by atoms with van der Waals surface area (Å²) in [5, 5.41) is 9.32. The molecular weight excluding hydrogens is 583 g/mol. The van der Waals surface area contributed by atoms with Gasteiger partial charge in [-0.25, -0.2) is 0 Å². The third-order valence-electron chi connectivity index (χ3n) is 11.4. The van der Waals surface area contributed by atoms with E-state index in [0.29, 0.717) is 6.61 Å². The van der Waals surface area contributed by atoms with Gasteiger partial charge in [-0.05, 0) is 57.2 Å². The quantitative estimate of drug-likeness (QED) is 0.0650. The molecular formula is C46H95NO. The maximum atomic E-state index is 9.32. The van der Waals surface area contributed by atoms with Crippen LogP contribution in [0.2, 0.25) is 0 Å². The zero-order valence-corrected chi connectivity index (χ0v) is 34.3. The van der Waals surface area contributed by atoms with E-state index in [0.717, 1.165) is 24.7 Å². The molecule has 0 rings (SSSR count). The second kappa shape index (κ2) is 41.3. The van der Waals surface area contributed by atoms with E-state index in [1.807, 2.05) is 0 Å². The first-order valence-corrected chi connectivity index (χ1v) is 23.0. The number of rotatable bonds is 42. The molecule has 0 heterocycles. The van der Waals surface area contributed by atoms with Crippen LogP contribution >= 0.6 is 0 Å². The lowest BCUT2D eigenvalue weighted by atomic mass is 9.89. The van der Waals surface area contributed by atoms with Crippen molar-refractivity contribution in [3.63, 3.8) is 0 Å². The van der Waals surface area contributed by atoms with Crippen LogP contribution in [0.5, 0.6) is 0 Å². The van der Waals surface area contributed by atoms with E-state index in [-0.39, 0.29) is 0 Å². The van der Waals surface area contributed by atoms with Crippen molar-refractivity contribution in [2.24, 2.45) is 11.8 Å². The summed E-state index contributed by atoms with van der Waals surface area (Å²) < 4.78 is 0. The summed E-state index contributed by atoms with van der Waals surface area (Å²) in [6.07, 6.45) is 51.2. The van der Waals surface area contributed by atoms with Gasteiger partial charge in [0, 0.05) is 6.61 Å². The lowest BCUT2D eigenvalue weighted by Gasteiger charge is -2.22. The van der Waals surface area contributed by atoms with Crippen molar-refractivity contribution in [1.82, 2.24) is 4.90 Å². The second-order valence-electron chi connectivity index (χ2n) is 16.2. The van der Waals surface area contributed by atoms with Gasteiger partial charge in [0.1, 0.15) is 0 Å². The summed E-state index contributed by atoms with van der Waals surface area (Å²) in [4.78, 5) is 2.74. The molecule has 0 aliphatic heterocycles. The van der Waals surface area contributed by atoms with Gasteiger partial charge < -0.3 is 10.0 Å². The molecule has 0 amide bonds. The van der Waals surface area contributed by atoms with Gasteiger partial charge in [0.25, 0.3) is 0 Å². The molecule has 0 aromatic rings. The van der Waals surface area contributed by atoms with Gasteiger partial charge in [-0.2, -0.15) is 0 Å². The molecule has 2 heteroatoms. The molecule has 0 aromatic carbocycles. The van der Waals surface area contributed by atoms with Crippen LogP contribution in [-0.4, -0.2) is 36.2 Å². The molecule has 0 aliphatic rings. The Hall–Kier alpha value is -0.0800. The Bertz CT molecular complexity index is 540. The fourth-order valence-electron chi connectivity index (χ4n) is 8.01. The van der Waals surface area contributed by atoms with Crippen LogP contribution in [0.4, 0.5) is 0 Å². The summed E-state index contributed by atoms with van der Waals surface area (Å²) in [6, 6.07) is 0. The Kier molecular flexibility index (Phi) is 41.3. The average molecular weight is 678 g/mol. The highest BCUT2D eigenvalue weighted by atomic mass is 16.2. The maximum Gasteiger partial charge on any atom is 0.0431 e. The number of aliphatic hydroxyl groups excluding tert-OH is 1. The maximum absolute atomic E-state index is 9.32. The van der Waals surface area contributed by atoms with Gasteiger partial charge in [-0.1, -0.05) is 233 Å². The second-order valence-corrected chi connectivity index (χ2v) is 16.2. The summed E-state index contributed by atoms with van der Waals surface area (Å²) in [6.45, 7) is 13.4. The van der Waals surface area contributed by atoms with E-state index in [2.05, 4.69) is 32.6 Å². The zero-order valence-electron chi connectivity index (χ0n) is 34.3. The topological polar surface area (TPSA) is 23.5 Å². The van der Waals surface area contributed by atoms with E-state index >= 15 is 0 Å². The molecule has 0 aliphatic carbocycles. The molecule has 2 nitrogen and oxygen atoms in total. The minimum atomic E-state index is 0.352. The lowest BCUT2D eigenvalue weighted by molar-refractivity contribution is 0.234. The predicted octanol–water partition coefficient (Wildman–Crippen LogP) is 15.6. The largest absolute Gasteiger partial charge is 0.396 e. The Morgan fingerprint density at radius 2 is 0.542 bits per heavy atom. The summed E-state index contributed by atoms with van der Waals surface area (Å²) in [7, 11) is 0. The van der Waals surface area contributed by atoms with Crippen LogP contribution in [0.3, 0.4) is 0 Å². The zero-order chi connectivity index (χ0) is 35.0. The lowest BCUT2D eigenvalue weighted by Crippen LogP contribution is -2.27. The summed E-state index contributed by atoms with van der Waals surface area (Å²) in [5.41, 5.74) is 0. The first-order chi connectivity index (χ1) is 23.7. The average Bonchev–Trinajstić information content (AvgIpc) is 3.10. The first kappa shape index (κ1) is 47.9. The smallest absolute Gasteiger partial charge is 0.0431 e. The minimum Gasteiger partial charge on any atom is -0.396 e. The highest BCUT2D eigenvalue weighted by molar-refractivity contribution is 4.64. The fraction of sp³-hybridized carbons (Fsp3) is 1.00. The van der Waals surface area contributed by atoms with E-state index < -0.39 is 0 Å². The molecule has 48 heavy (non-hydrogen) atoms. The molecule has 0 fully saturated rings. The first-order valence-electron chi connectivity index (χ1n) is 23.0. The fourth-order valence-corrected chi connectivity index (χ4v) is 8.01. The van der Waals surface area contributed by atoms with Gasteiger partial charge in [0.2, 0.25) is 0 Å².